The number of aromatic nitrogens is 2. The molecule has 0 aliphatic rings. The minimum absolute atomic E-state index is 0.120. The molecule has 0 aliphatic heterocycles. The standard InChI is InChI=1S/C11H15N3O5/c1-5-7(6(2)13-11(19)12-5)3-9(16)14-8(4-15)10(17)18/h8,15H,3-4H2,1-2H3,(H,14,16)(H,17,18)(H,12,13,19). The number of aryl methyl sites for hydroxylation is 2. The van der Waals surface area contributed by atoms with Crippen LogP contribution in [0.2, 0.25) is 0 Å². The zero-order valence-corrected chi connectivity index (χ0v) is 10.6. The van der Waals surface area contributed by atoms with E-state index in [0.29, 0.717) is 17.0 Å². The molecule has 8 nitrogen and oxygen atoms in total. The van der Waals surface area contributed by atoms with Crippen molar-refractivity contribution in [3.63, 3.8) is 0 Å². The smallest absolute Gasteiger partial charge is 0.345 e. The quantitative estimate of drug-likeness (QED) is 0.513. The molecule has 19 heavy (non-hydrogen) atoms. The van der Waals surface area contributed by atoms with Gasteiger partial charge in [-0.3, -0.25) is 4.79 Å². The van der Waals surface area contributed by atoms with Gasteiger partial charge in [0.25, 0.3) is 0 Å². The van der Waals surface area contributed by atoms with Crippen molar-refractivity contribution in [3.8, 4) is 0 Å². The SMILES string of the molecule is Cc1nc(=O)[nH]c(C)c1CC(=O)NC(CO)C(=O)O. The molecule has 1 unspecified atom stereocenters. The van der Waals surface area contributed by atoms with E-state index in [1.54, 1.807) is 13.8 Å². The summed E-state index contributed by atoms with van der Waals surface area (Å²) in [6, 6.07) is -1.34. The fraction of sp³-hybridized carbons (Fsp3) is 0.455. The molecule has 0 aromatic carbocycles. The molecule has 1 atom stereocenters. The average Bonchev–Trinajstić information content (AvgIpc) is 2.30. The second-order valence-electron chi connectivity index (χ2n) is 4.05. The molecule has 1 aromatic heterocycles. The Bertz CT molecular complexity index is 526. The topological polar surface area (TPSA) is 132 Å². The maximum atomic E-state index is 11.7. The van der Waals surface area contributed by atoms with Crippen molar-refractivity contribution in [2.45, 2.75) is 26.3 Å². The van der Waals surface area contributed by atoms with Crippen LogP contribution in [0.3, 0.4) is 0 Å². The van der Waals surface area contributed by atoms with Gasteiger partial charge < -0.3 is 20.5 Å². The number of aromatic amines is 1. The first-order valence-electron chi connectivity index (χ1n) is 5.54. The number of amides is 1. The van der Waals surface area contributed by atoms with E-state index < -0.39 is 30.2 Å². The lowest BCUT2D eigenvalue weighted by Gasteiger charge is -2.13. The third-order valence-corrected chi connectivity index (χ3v) is 2.61. The van der Waals surface area contributed by atoms with E-state index in [9.17, 15) is 14.4 Å². The largest absolute Gasteiger partial charge is 0.480 e. The molecule has 8 heteroatoms. The third kappa shape index (κ3) is 3.88. The molecule has 1 heterocycles. The summed E-state index contributed by atoms with van der Waals surface area (Å²) in [6.45, 7) is 2.52. The molecule has 1 rings (SSSR count). The minimum Gasteiger partial charge on any atom is -0.480 e. The molecular formula is C11H15N3O5. The molecule has 0 fully saturated rings. The van der Waals surface area contributed by atoms with Gasteiger partial charge in [-0.25, -0.2) is 9.59 Å². The number of aliphatic carboxylic acids is 1. The monoisotopic (exact) mass is 269 g/mol. The molecule has 4 N–H and O–H groups in total. The van der Waals surface area contributed by atoms with Crippen molar-refractivity contribution < 1.29 is 19.8 Å². The van der Waals surface area contributed by atoms with Crippen LogP contribution >= 0.6 is 0 Å². The second-order valence-corrected chi connectivity index (χ2v) is 4.05. The van der Waals surface area contributed by atoms with Gasteiger partial charge in [-0.05, 0) is 13.8 Å². The fourth-order valence-electron chi connectivity index (χ4n) is 1.61. The Kier molecular flexibility index (Phi) is 4.76. The van der Waals surface area contributed by atoms with Crippen molar-refractivity contribution in [2.75, 3.05) is 6.61 Å². The molecule has 0 saturated carbocycles. The Morgan fingerprint density at radius 1 is 1.42 bits per heavy atom. The van der Waals surface area contributed by atoms with Crippen molar-refractivity contribution in [1.29, 1.82) is 0 Å². The van der Waals surface area contributed by atoms with Crippen LogP contribution in [0.1, 0.15) is 17.0 Å². The Balaban J connectivity index is 2.83. The molecule has 0 saturated heterocycles. The summed E-state index contributed by atoms with van der Waals surface area (Å²) in [4.78, 5) is 39.5. The normalized spacial score (nSPS) is 11.9. The highest BCUT2D eigenvalue weighted by Crippen LogP contribution is 2.07. The number of aliphatic hydroxyl groups is 1. The van der Waals surface area contributed by atoms with Gasteiger partial charge >= 0.3 is 11.7 Å². The van der Waals surface area contributed by atoms with Crippen molar-refractivity contribution in [3.05, 3.63) is 27.4 Å². The van der Waals surface area contributed by atoms with E-state index in [4.69, 9.17) is 10.2 Å². The van der Waals surface area contributed by atoms with Crippen LogP contribution in [-0.4, -0.2) is 44.7 Å². The maximum absolute atomic E-state index is 11.7. The van der Waals surface area contributed by atoms with Gasteiger partial charge in [-0.15, -0.1) is 0 Å². The summed E-state index contributed by atoms with van der Waals surface area (Å²) >= 11 is 0. The number of carbonyl (C=O) groups excluding carboxylic acids is 1. The number of carboxylic acid groups (broad SMARTS) is 1. The molecule has 0 spiro atoms. The number of rotatable bonds is 5. The Morgan fingerprint density at radius 2 is 2.05 bits per heavy atom. The fourth-order valence-corrected chi connectivity index (χ4v) is 1.61. The van der Waals surface area contributed by atoms with E-state index >= 15 is 0 Å². The summed E-state index contributed by atoms with van der Waals surface area (Å²) in [7, 11) is 0. The number of hydrogen-bond acceptors (Lipinski definition) is 5. The summed E-state index contributed by atoms with van der Waals surface area (Å²) in [5.41, 5.74) is 0.938. The molecule has 0 radical (unpaired) electrons. The number of aliphatic hydroxyl groups excluding tert-OH is 1. The lowest BCUT2D eigenvalue weighted by atomic mass is 10.1. The first-order valence-corrected chi connectivity index (χ1v) is 5.54. The Morgan fingerprint density at radius 3 is 2.53 bits per heavy atom. The van der Waals surface area contributed by atoms with Gasteiger partial charge in [-0.1, -0.05) is 0 Å². The molecule has 1 amide bonds. The van der Waals surface area contributed by atoms with Crippen molar-refractivity contribution >= 4 is 11.9 Å². The molecule has 0 bridgehead atoms. The summed E-state index contributed by atoms with van der Waals surface area (Å²) in [6.07, 6.45) is -0.120. The van der Waals surface area contributed by atoms with Crippen LogP contribution in [0.25, 0.3) is 0 Å². The van der Waals surface area contributed by atoms with Crippen LogP contribution in [0.4, 0.5) is 0 Å². The Labute approximate surface area is 108 Å². The predicted octanol–water partition coefficient (Wildman–Crippen LogP) is -1.51. The van der Waals surface area contributed by atoms with E-state index in [1.165, 1.54) is 0 Å². The van der Waals surface area contributed by atoms with Crippen molar-refractivity contribution in [1.82, 2.24) is 15.3 Å². The molecule has 1 aromatic rings. The lowest BCUT2D eigenvalue weighted by molar-refractivity contribution is -0.142. The summed E-state index contributed by atoms with van der Waals surface area (Å²) in [5.74, 6) is -1.88. The first kappa shape index (κ1) is 14.8. The molecule has 104 valence electrons. The first-order chi connectivity index (χ1) is 8.85. The zero-order valence-electron chi connectivity index (χ0n) is 10.6. The maximum Gasteiger partial charge on any atom is 0.345 e. The van der Waals surface area contributed by atoms with Crippen LogP contribution in [0.15, 0.2) is 4.79 Å². The van der Waals surface area contributed by atoms with E-state index in [-0.39, 0.29) is 6.42 Å². The highest BCUT2D eigenvalue weighted by molar-refractivity contribution is 5.85. The van der Waals surface area contributed by atoms with E-state index in [0.717, 1.165) is 0 Å². The molecule has 0 aliphatic carbocycles. The van der Waals surface area contributed by atoms with Gasteiger partial charge in [-0.2, -0.15) is 4.98 Å². The van der Waals surface area contributed by atoms with Gasteiger partial charge in [0.05, 0.1) is 13.0 Å². The number of nitrogens with one attached hydrogen (secondary N) is 2. The van der Waals surface area contributed by atoms with Gasteiger partial charge in [0.1, 0.15) is 6.04 Å². The van der Waals surface area contributed by atoms with Crippen LogP contribution in [0, 0.1) is 13.8 Å². The zero-order chi connectivity index (χ0) is 14.6. The number of H-pyrrole nitrogens is 1. The van der Waals surface area contributed by atoms with E-state index in [2.05, 4.69) is 15.3 Å². The number of hydrogen-bond donors (Lipinski definition) is 4. The van der Waals surface area contributed by atoms with Gasteiger partial charge in [0, 0.05) is 17.0 Å². The van der Waals surface area contributed by atoms with Crippen LogP contribution in [-0.2, 0) is 16.0 Å². The number of carboxylic acids is 1. The van der Waals surface area contributed by atoms with Crippen LogP contribution < -0.4 is 11.0 Å². The average molecular weight is 269 g/mol. The highest BCUT2D eigenvalue weighted by Gasteiger charge is 2.20. The lowest BCUT2D eigenvalue weighted by Crippen LogP contribution is -2.44. The van der Waals surface area contributed by atoms with Crippen molar-refractivity contribution in [2.24, 2.45) is 0 Å². The van der Waals surface area contributed by atoms with Crippen LogP contribution in [0.5, 0.6) is 0 Å². The summed E-state index contributed by atoms with van der Waals surface area (Å²) < 4.78 is 0. The summed E-state index contributed by atoms with van der Waals surface area (Å²) in [5, 5.41) is 19.7. The Hall–Kier alpha value is -2.22. The third-order valence-electron chi connectivity index (χ3n) is 2.61. The predicted molar refractivity (Wildman–Crippen MR) is 64.7 cm³/mol. The second kappa shape index (κ2) is 6.10. The number of carbonyl (C=O) groups is 2. The van der Waals surface area contributed by atoms with Gasteiger partial charge in [0.15, 0.2) is 0 Å². The number of nitrogens with zero attached hydrogens (tertiary/aromatic N) is 1. The molecular weight excluding hydrogens is 254 g/mol. The van der Waals surface area contributed by atoms with Gasteiger partial charge in [0.2, 0.25) is 5.91 Å². The highest BCUT2D eigenvalue weighted by atomic mass is 16.4. The van der Waals surface area contributed by atoms with E-state index in [1.807, 2.05) is 0 Å². The minimum atomic E-state index is -1.34.